The first-order valence-corrected chi connectivity index (χ1v) is 8.51. The quantitative estimate of drug-likeness (QED) is 0.719. The minimum atomic E-state index is -0.459. The number of fused-ring (bicyclic) bond motifs is 1. The van der Waals surface area contributed by atoms with Crippen LogP contribution in [-0.4, -0.2) is 33.1 Å². The number of methoxy groups -OCH3 is 1. The second-order valence-corrected chi connectivity index (χ2v) is 6.74. The Morgan fingerprint density at radius 1 is 1.04 bits per heavy atom. The van der Waals surface area contributed by atoms with E-state index in [9.17, 15) is 9.59 Å². The molecule has 0 saturated heterocycles. The van der Waals surface area contributed by atoms with Crippen molar-refractivity contribution in [2.24, 2.45) is 0 Å². The van der Waals surface area contributed by atoms with Gasteiger partial charge in [0.25, 0.3) is 5.91 Å². The number of carbonyl (C=O) groups excluding carboxylic acids is 2. The highest BCUT2D eigenvalue weighted by atomic mass is 32.1. The van der Waals surface area contributed by atoms with Gasteiger partial charge >= 0.3 is 5.97 Å². The van der Waals surface area contributed by atoms with Gasteiger partial charge in [0.2, 0.25) is 0 Å². The van der Waals surface area contributed by atoms with Gasteiger partial charge in [-0.15, -0.1) is 11.3 Å². The van der Waals surface area contributed by atoms with Crippen LogP contribution in [0.2, 0.25) is 0 Å². The molecule has 0 radical (unpaired) electrons. The third-order valence-corrected chi connectivity index (χ3v) is 5.00. The summed E-state index contributed by atoms with van der Waals surface area (Å²) < 4.78 is 5.77. The van der Waals surface area contributed by atoms with Crippen LogP contribution in [0.15, 0.2) is 48.5 Å². The number of nitrogens with zero attached hydrogens (tertiary/aromatic N) is 1. The van der Waals surface area contributed by atoms with Gasteiger partial charge in [-0.25, -0.2) is 4.79 Å². The molecule has 6 heteroatoms. The van der Waals surface area contributed by atoms with E-state index in [1.165, 1.54) is 18.4 Å². The normalized spacial score (nSPS) is 10.5. The summed E-state index contributed by atoms with van der Waals surface area (Å²) in [6.07, 6.45) is 0. The van der Waals surface area contributed by atoms with Crippen LogP contribution in [0.4, 0.5) is 11.4 Å². The summed E-state index contributed by atoms with van der Waals surface area (Å²) in [4.78, 5) is 27.1. The van der Waals surface area contributed by atoms with E-state index in [4.69, 9.17) is 4.74 Å². The van der Waals surface area contributed by atoms with Gasteiger partial charge in [0.1, 0.15) is 4.88 Å². The number of anilines is 2. The maximum Gasteiger partial charge on any atom is 0.350 e. The van der Waals surface area contributed by atoms with Gasteiger partial charge in [-0.3, -0.25) is 4.79 Å². The first-order valence-electron chi connectivity index (χ1n) is 7.70. The summed E-state index contributed by atoms with van der Waals surface area (Å²) in [5, 5.41) is 3.70. The predicted octanol–water partition coefficient (Wildman–Crippen LogP) is 4.01. The minimum Gasteiger partial charge on any atom is -0.465 e. The molecule has 128 valence electrons. The molecule has 1 heterocycles. The molecular weight excluding hydrogens is 336 g/mol. The Hall–Kier alpha value is -2.86. The molecule has 25 heavy (non-hydrogen) atoms. The van der Waals surface area contributed by atoms with Gasteiger partial charge in [-0.05, 0) is 30.3 Å². The van der Waals surface area contributed by atoms with E-state index in [-0.39, 0.29) is 5.91 Å². The highest BCUT2D eigenvalue weighted by Gasteiger charge is 2.21. The zero-order chi connectivity index (χ0) is 18.0. The zero-order valence-electron chi connectivity index (χ0n) is 14.2. The summed E-state index contributed by atoms with van der Waals surface area (Å²) in [5.41, 5.74) is 2.03. The lowest BCUT2D eigenvalue weighted by molar-refractivity contribution is 0.0607. The number of thiophene rings is 1. The zero-order valence-corrected chi connectivity index (χ0v) is 15.0. The molecule has 2 aromatic carbocycles. The van der Waals surface area contributed by atoms with Crippen molar-refractivity contribution in [3.8, 4) is 0 Å². The molecule has 1 amide bonds. The fourth-order valence-corrected chi connectivity index (χ4v) is 3.58. The van der Waals surface area contributed by atoms with Crippen LogP contribution in [0.25, 0.3) is 10.1 Å². The summed E-state index contributed by atoms with van der Waals surface area (Å²) in [7, 11) is 5.21. The van der Waals surface area contributed by atoms with Crippen LogP contribution < -0.4 is 10.2 Å². The number of hydrogen-bond acceptors (Lipinski definition) is 5. The van der Waals surface area contributed by atoms with E-state index in [0.717, 1.165) is 15.8 Å². The van der Waals surface area contributed by atoms with Crippen molar-refractivity contribution in [1.82, 2.24) is 0 Å². The van der Waals surface area contributed by atoms with E-state index in [1.54, 1.807) is 12.1 Å². The standard InChI is InChI=1S/C19H18N2O3S/c1-21(2)13-10-8-12(9-11-13)18(22)20-16-14-6-4-5-7-15(14)25-17(16)19(23)24-3/h4-11H,1-3H3,(H,20,22). The van der Waals surface area contributed by atoms with Crippen LogP contribution in [-0.2, 0) is 4.74 Å². The van der Waals surface area contributed by atoms with Gasteiger partial charge in [0.15, 0.2) is 0 Å². The Morgan fingerprint density at radius 3 is 2.36 bits per heavy atom. The molecule has 0 aliphatic rings. The average molecular weight is 354 g/mol. The van der Waals surface area contributed by atoms with Crippen LogP contribution in [0, 0.1) is 0 Å². The molecule has 5 nitrogen and oxygen atoms in total. The Morgan fingerprint density at radius 2 is 1.72 bits per heavy atom. The fourth-order valence-electron chi connectivity index (χ4n) is 2.50. The molecule has 0 bridgehead atoms. The smallest absolute Gasteiger partial charge is 0.350 e. The first-order chi connectivity index (χ1) is 12.0. The SMILES string of the molecule is COC(=O)c1sc2ccccc2c1NC(=O)c1ccc(N(C)C)cc1. The van der Waals surface area contributed by atoms with Crippen LogP contribution in [0.3, 0.4) is 0 Å². The van der Waals surface area contributed by atoms with Gasteiger partial charge in [0.05, 0.1) is 12.8 Å². The topological polar surface area (TPSA) is 58.6 Å². The number of amides is 1. The van der Waals surface area contributed by atoms with E-state index in [2.05, 4.69) is 5.32 Å². The minimum absolute atomic E-state index is 0.265. The van der Waals surface area contributed by atoms with Crippen molar-refractivity contribution in [3.05, 3.63) is 59.0 Å². The van der Waals surface area contributed by atoms with Crippen molar-refractivity contribution in [1.29, 1.82) is 0 Å². The molecule has 0 fully saturated rings. The fraction of sp³-hybridized carbons (Fsp3) is 0.158. The Labute approximate surface area is 149 Å². The Balaban J connectivity index is 1.96. The van der Waals surface area contributed by atoms with Crippen molar-refractivity contribution >= 4 is 44.7 Å². The largest absolute Gasteiger partial charge is 0.465 e. The van der Waals surface area contributed by atoms with Gasteiger partial charge in [-0.1, -0.05) is 18.2 Å². The molecule has 0 aliphatic carbocycles. The number of carbonyl (C=O) groups is 2. The van der Waals surface area contributed by atoms with Crippen molar-refractivity contribution in [2.75, 3.05) is 31.4 Å². The van der Waals surface area contributed by atoms with Crippen molar-refractivity contribution in [3.63, 3.8) is 0 Å². The number of hydrogen-bond donors (Lipinski definition) is 1. The second kappa shape index (κ2) is 6.94. The summed E-state index contributed by atoms with van der Waals surface area (Å²) in [5.74, 6) is -0.724. The molecule has 0 spiro atoms. The number of esters is 1. The molecule has 0 saturated carbocycles. The van der Waals surface area contributed by atoms with E-state index in [1.807, 2.05) is 55.4 Å². The third-order valence-electron chi connectivity index (χ3n) is 3.85. The van der Waals surface area contributed by atoms with Crippen molar-refractivity contribution in [2.45, 2.75) is 0 Å². The molecule has 3 aromatic rings. The lowest BCUT2D eigenvalue weighted by Crippen LogP contribution is -2.15. The summed E-state index contributed by atoms with van der Waals surface area (Å²) in [6.45, 7) is 0. The Kier molecular flexibility index (Phi) is 4.72. The molecule has 3 rings (SSSR count). The van der Waals surface area contributed by atoms with E-state index in [0.29, 0.717) is 16.1 Å². The number of ether oxygens (including phenoxy) is 1. The van der Waals surface area contributed by atoms with Gasteiger partial charge < -0.3 is 15.0 Å². The highest BCUT2D eigenvalue weighted by molar-refractivity contribution is 7.21. The van der Waals surface area contributed by atoms with E-state index < -0.39 is 5.97 Å². The first kappa shape index (κ1) is 17.0. The third kappa shape index (κ3) is 3.34. The molecule has 0 atom stereocenters. The molecule has 1 aromatic heterocycles. The Bertz CT molecular complexity index is 929. The number of nitrogens with one attached hydrogen (secondary N) is 1. The molecule has 0 unspecified atom stereocenters. The number of rotatable bonds is 4. The average Bonchev–Trinajstić information content (AvgIpc) is 2.99. The lowest BCUT2D eigenvalue weighted by Gasteiger charge is -2.12. The predicted molar refractivity (Wildman–Crippen MR) is 102 cm³/mol. The highest BCUT2D eigenvalue weighted by Crippen LogP contribution is 2.36. The van der Waals surface area contributed by atoms with Crippen LogP contribution >= 0.6 is 11.3 Å². The number of benzene rings is 2. The maximum atomic E-state index is 12.6. The molecule has 0 aliphatic heterocycles. The van der Waals surface area contributed by atoms with Gasteiger partial charge in [0, 0.05) is 35.4 Å². The second-order valence-electron chi connectivity index (χ2n) is 5.69. The molecular formula is C19H18N2O3S. The van der Waals surface area contributed by atoms with Crippen LogP contribution in [0.1, 0.15) is 20.0 Å². The van der Waals surface area contributed by atoms with Crippen LogP contribution in [0.5, 0.6) is 0 Å². The summed E-state index contributed by atoms with van der Waals surface area (Å²) >= 11 is 1.30. The van der Waals surface area contributed by atoms with Crippen molar-refractivity contribution < 1.29 is 14.3 Å². The summed E-state index contributed by atoms with van der Waals surface area (Å²) in [6, 6.07) is 14.8. The van der Waals surface area contributed by atoms with Gasteiger partial charge in [-0.2, -0.15) is 0 Å². The van der Waals surface area contributed by atoms with E-state index >= 15 is 0 Å². The monoisotopic (exact) mass is 354 g/mol. The maximum absolute atomic E-state index is 12.6. The lowest BCUT2D eigenvalue weighted by atomic mass is 10.1. The molecule has 1 N–H and O–H groups in total.